The van der Waals surface area contributed by atoms with E-state index in [1.165, 1.54) is 11.1 Å². The Kier molecular flexibility index (Phi) is 4.96. The van der Waals surface area contributed by atoms with Crippen LogP contribution in [0.3, 0.4) is 0 Å². The molecule has 2 N–H and O–H groups in total. The number of carboxylic acid groups (broad SMARTS) is 1. The Labute approximate surface area is 124 Å². The van der Waals surface area contributed by atoms with Crippen LogP contribution < -0.4 is 0 Å². The van der Waals surface area contributed by atoms with Gasteiger partial charge < -0.3 is 5.11 Å². The number of fused-ring (bicyclic) bond motifs is 1. The van der Waals surface area contributed by atoms with Crippen LogP contribution in [0.1, 0.15) is 43.2 Å². The molecule has 114 valence electrons. The van der Waals surface area contributed by atoms with E-state index >= 15 is 0 Å². The molecular weight excluding hydrogens is 270 g/mol. The molecular formula is C16H21NO4. The predicted molar refractivity (Wildman–Crippen MR) is 77.0 cm³/mol. The summed E-state index contributed by atoms with van der Waals surface area (Å²) in [5, 5.41) is 19.3. The van der Waals surface area contributed by atoms with Gasteiger partial charge in [-0.25, -0.2) is 5.06 Å². The average molecular weight is 291 g/mol. The number of aliphatic carboxylic acids is 1. The Morgan fingerprint density at radius 1 is 1.48 bits per heavy atom. The molecule has 1 amide bonds. The molecule has 5 heteroatoms. The van der Waals surface area contributed by atoms with Crippen molar-refractivity contribution in [1.29, 1.82) is 0 Å². The molecule has 0 saturated carbocycles. The minimum Gasteiger partial charge on any atom is -0.481 e. The molecule has 0 aromatic heterocycles. The highest BCUT2D eigenvalue weighted by atomic mass is 16.5. The molecule has 1 aromatic rings. The lowest BCUT2D eigenvalue weighted by molar-refractivity contribution is -0.170. The summed E-state index contributed by atoms with van der Waals surface area (Å²) < 4.78 is 0. The lowest BCUT2D eigenvalue weighted by Crippen LogP contribution is -2.40. The van der Waals surface area contributed by atoms with Gasteiger partial charge in [-0.15, -0.1) is 0 Å². The number of rotatable bonds is 6. The molecule has 0 aliphatic heterocycles. The molecule has 0 radical (unpaired) electrons. The SMILES string of the molecule is C[C@@H]([C@@H](CC1CCCc2ccccc21)C(=O)O)N(O)C=O. The van der Waals surface area contributed by atoms with Crippen molar-refractivity contribution in [3.63, 3.8) is 0 Å². The van der Waals surface area contributed by atoms with Crippen LogP contribution in [0.25, 0.3) is 0 Å². The largest absolute Gasteiger partial charge is 0.481 e. The molecule has 2 rings (SSSR count). The average Bonchev–Trinajstić information content (AvgIpc) is 2.50. The zero-order valence-corrected chi connectivity index (χ0v) is 12.1. The molecule has 3 atom stereocenters. The van der Waals surface area contributed by atoms with E-state index in [0.717, 1.165) is 19.3 Å². The van der Waals surface area contributed by atoms with Crippen LogP contribution in [-0.2, 0) is 16.0 Å². The maximum absolute atomic E-state index is 11.5. The molecule has 0 heterocycles. The van der Waals surface area contributed by atoms with E-state index in [1.54, 1.807) is 6.92 Å². The summed E-state index contributed by atoms with van der Waals surface area (Å²) in [5.74, 6) is -1.60. The minimum absolute atomic E-state index is 0.165. The van der Waals surface area contributed by atoms with Gasteiger partial charge in [-0.1, -0.05) is 24.3 Å². The van der Waals surface area contributed by atoms with Crippen LogP contribution >= 0.6 is 0 Å². The number of benzene rings is 1. The Morgan fingerprint density at radius 3 is 2.86 bits per heavy atom. The number of carbonyl (C=O) groups is 2. The van der Waals surface area contributed by atoms with Gasteiger partial charge in [-0.2, -0.15) is 0 Å². The van der Waals surface area contributed by atoms with Crippen LogP contribution in [0.5, 0.6) is 0 Å². The van der Waals surface area contributed by atoms with Crippen LogP contribution in [0, 0.1) is 5.92 Å². The number of nitrogens with zero attached hydrogens (tertiary/aromatic N) is 1. The Hall–Kier alpha value is -1.88. The van der Waals surface area contributed by atoms with Gasteiger partial charge in [0.05, 0.1) is 12.0 Å². The van der Waals surface area contributed by atoms with Crippen molar-refractivity contribution < 1.29 is 19.9 Å². The fourth-order valence-corrected chi connectivity index (χ4v) is 3.19. The van der Waals surface area contributed by atoms with Gasteiger partial charge in [0.15, 0.2) is 0 Å². The summed E-state index contributed by atoms with van der Waals surface area (Å²) in [6, 6.07) is 7.37. The summed E-state index contributed by atoms with van der Waals surface area (Å²) in [5.41, 5.74) is 2.49. The van der Waals surface area contributed by atoms with Gasteiger partial charge >= 0.3 is 5.97 Å². The van der Waals surface area contributed by atoms with Gasteiger partial charge in [-0.05, 0) is 49.7 Å². The number of amides is 1. The summed E-state index contributed by atoms with van der Waals surface area (Å²) >= 11 is 0. The number of carbonyl (C=O) groups excluding carboxylic acids is 1. The lowest BCUT2D eigenvalue weighted by atomic mass is 9.77. The van der Waals surface area contributed by atoms with Gasteiger partial charge in [0.25, 0.3) is 0 Å². The third-order valence-corrected chi connectivity index (χ3v) is 4.46. The molecule has 21 heavy (non-hydrogen) atoms. The number of hydroxylamine groups is 2. The number of aryl methyl sites for hydroxylation is 1. The normalized spacial score (nSPS) is 20.2. The van der Waals surface area contributed by atoms with Crippen molar-refractivity contribution in [3.05, 3.63) is 35.4 Å². The number of carboxylic acids is 1. The van der Waals surface area contributed by atoms with Crippen LogP contribution in [0.15, 0.2) is 24.3 Å². The molecule has 1 aliphatic carbocycles. The van der Waals surface area contributed by atoms with Gasteiger partial charge in [0, 0.05) is 0 Å². The first-order valence-electron chi connectivity index (χ1n) is 7.27. The molecule has 0 bridgehead atoms. The van der Waals surface area contributed by atoms with Crippen molar-refractivity contribution in [3.8, 4) is 0 Å². The molecule has 5 nitrogen and oxygen atoms in total. The summed E-state index contributed by atoms with van der Waals surface area (Å²) in [7, 11) is 0. The molecule has 1 aliphatic rings. The van der Waals surface area contributed by atoms with E-state index < -0.39 is 17.9 Å². The van der Waals surface area contributed by atoms with Crippen molar-refractivity contribution in [2.75, 3.05) is 0 Å². The molecule has 0 spiro atoms. The summed E-state index contributed by atoms with van der Waals surface area (Å²) in [6.07, 6.45) is 3.70. The molecule has 1 aromatic carbocycles. The first-order valence-corrected chi connectivity index (χ1v) is 7.27. The zero-order valence-electron chi connectivity index (χ0n) is 12.1. The topological polar surface area (TPSA) is 77.8 Å². The predicted octanol–water partition coefficient (Wildman–Crippen LogP) is 2.43. The monoisotopic (exact) mass is 291 g/mol. The van der Waals surface area contributed by atoms with E-state index in [2.05, 4.69) is 12.1 Å². The van der Waals surface area contributed by atoms with Gasteiger partial charge in [0.1, 0.15) is 0 Å². The van der Waals surface area contributed by atoms with Crippen LogP contribution in [0.2, 0.25) is 0 Å². The van der Waals surface area contributed by atoms with Gasteiger partial charge in [-0.3, -0.25) is 14.8 Å². The number of hydrogen-bond acceptors (Lipinski definition) is 3. The van der Waals surface area contributed by atoms with Gasteiger partial charge in [0.2, 0.25) is 6.41 Å². The van der Waals surface area contributed by atoms with Crippen LogP contribution in [-0.4, -0.2) is 33.8 Å². The van der Waals surface area contributed by atoms with E-state index in [1.807, 2.05) is 12.1 Å². The third-order valence-electron chi connectivity index (χ3n) is 4.46. The van der Waals surface area contributed by atoms with Crippen molar-refractivity contribution in [2.45, 2.75) is 44.6 Å². The second-order valence-electron chi connectivity index (χ2n) is 5.69. The minimum atomic E-state index is -0.980. The molecule has 1 unspecified atom stereocenters. The van der Waals surface area contributed by atoms with E-state index in [-0.39, 0.29) is 12.3 Å². The first-order chi connectivity index (χ1) is 10.0. The highest BCUT2D eigenvalue weighted by Crippen LogP contribution is 2.37. The zero-order chi connectivity index (χ0) is 15.4. The van der Waals surface area contributed by atoms with Crippen molar-refractivity contribution >= 4 is 12.4 Å². The first kappa shape index (κ1) is 15.5. The Bertz CT molecular complexity index is 517. The fourth-order valence-electron chi connectivity index (χ4n) is 3.19. The number of hydrogen-bond donors (Lipinski definition) is 2. The molecule has 0 fully saturated rings. The lowest BCUT2D eigenvalue weighted by Gasteiger charge is -2.31. The van der Waals surface area contributed by atoms with Crippen molar-refractivity contribution in [2.24, 2.45) is 5.92 Å². The highest BCUT2D eigenvalue weighted by Gasteiger charge is 2.33. The smallest absolute Gasteiger partial charge is 0.308 e. The maximum Gasteiger partial charge on any atom is 0.308 e. The summed E-state index contributed by atoms with van der Waals surface area (Å²) in [4.78, 5) is 22.1. The quantitative estimate of drug-likeness (QED) is 0.479. The van der Waals surface area contributed by atoms with Crippen molar-refractivity contribution in [1.82, 2.24) is 5.06 Å². The fraction of sp³-hybridized carbons (Fsp3) is 0.500. The maximum atomic E-state index is 11.5. The van der Waals surface area contributed by atoms with Crippen LogP contribution in [0.4, 0.5) is 0 Å². The third kappa shape index (κ3) is 3.42. The second-order valence-corrected chi connectivity index (χ2v) is 5.69. The van der Waals surface area contributed by atoms with E-state index in [0.29, 0.717) is 11.5 Å². The van der Waals surface area contributed by atoms with E-state index in [9.17, 15) is 19.9 Å². The summed E-state index contributed by atoms with van der Waals surface area (Å²) in [6.45, 7) is 1.56. The Morgan fingerprint density at radius 2 is 2.19 bits per heavy atom. The highest BCUT2D eigenvalue weighted by molar-refractivity contribution is 5.71. The Balaban J connectivity index is 2.19. The van der Waals surface area contributed by atoms with E-state index in [4.69, 9.17) is 0 Å². The molecule has 0 saturated heterocycles. The standard InChI is InChI=1S/C16H21NO4/c1-11(17(21)10-18)15(16(19)20)9-13-7-4-6-12-5-2-3-8-14(12)13/h2-3,5,8,10-11,13,15,21H,4,6-7,9H2,1H3,(H,19,20)/t11-,13?,15+/m0/s1. The second kappa shape index (κ2) is 6.72.